The maximum atomic E-state index is 11.6. The number of nitrogens with zero attached hydrogens (tertiary/aromatic N) is 2. The van der Waals surface area contributed by atoms with Gasteiger partial charge < -0.3 is 9.88 Å². The second-order valence-corrected chi connectivity index (χ2v) is 6.69. The van der Waals surface area contributed by atoms with Gasteiger partial charge in [-0.2, -0.15) is 0 Å². The number of anilines is 1. The quantitative estimate of drug-likeness (QED) is 0.795. The SMILES string of the molecule is CS(=O)(=O)c1ccccc1NCCCCn1ccnc1. The number of rotatable bonds is 7. The van der Waals surface area contributed by atoms with E-state index in [1.54, 1.807) is 30.7 Å². The number of imidazole rings is 1. The lowest BCUT2D eigenvalue weighted by Crippen LogP contribution is -2.08. The Bertz CT molecular complexity index is 636. The summed E-state index contributed by atoms with van der Waals surface area (Å²) >= 11 is 0. The number of hydrogen-bond acceptors (Lipinski definition) is 4. The molecule has 0 atom stereocenters. The molecule has 0 bridgehead atoms. The third-order valence-electron chi connectivity index (χ3n) is 3.00. The van der Waals surface area contributed by atoms with Gasteiger partial charge in [0, 0.05) is 31.7 Å². The summed E-state index contributed by atoms with van der Waals surface area (Å²) in [5.41, 5.74) is 0.678. The summed E-state index contributed by atoms with van der Waals surface area (Å²) in [6, 6.07) is 7.00. The maximum absolute atomic E-state index is 11.6. The van der Waals surface area contributed by atoms with E-state index in [1.165, 1.54) is 6.26 Å². The summed E-state index contributed by atoms with van der Waals surface area (Å²) in [7, 11) is -3.19. The first-order chi connectivity index (χ1) is 9.57. The van der Waals surface area contributed by atoms with Gasteiger partial charge in [0.15, 0.2) is 9.84 Å². The Morgan fingerprint density at radius 3 is 2.75 bits per heavy atom. The molecule has 1 aromatic heterocycles. The lowest BCUT2D eigenvalue weighted by molar-refractivity contribution is 0.601. The van der Waals surface area contributed by atoms with Crippen molar-refractivity contribution in [2.24, 2.45) is 0 Å². The van der Waals surface area contributed by atoms with E-state index in [1.807, 2.05) is 16.8 Å². The predicted octanol–water partition coefficient (Wildman–Crippen LogP) is 2.18. The molecular formula is C14H19N3O2S. The topological polar surface area (TPSA) is 64.0 Å². The monoisotopic (exact) mass is 293 g/mol. The number of hydrogen-bond donors (Lipinski definition) is 1. The predicted molar refractivity (Wildman–Crippen MR) is 79.5 cm³/mol. The van der Waals surface area contributed by atoms with Gasteiger partial charge in [-0.1, -0.05) is 12.1 Å². The van der Waals surface area contributed by atoms with Gasteiger partial charge in [-0.05, 0) is 25.0 Å². The van der Waals surface area contributed by atoms with Crippen molar-refractivity contribution in [3.05, 3.63) is 43.0 Å². The molecule has 0 saturated heterocycles. The Morgan fingerprint density at radius 1 is 1.25 bits per heavy atom. The summed E-state index contributed by atoms with van der Waals surface area (Å²) in [6.07, 6.45) is 8.71. The third kappa shape index (κ3) is 4.09. The van der Waals surface area contributed by atoms with Crippen molar-refractivity contribution >= 4 is 15.5 Å². The average molecular weight is 293 g/mol. The molecule has 0 fully saturated rings. The zero-order valence-corrected chi connectivity index (χ0v) is 12.3. The minimum absolute atomic E-state index is 0.356. The maximum Gasteiger partial charge on any atom is 0.177 e. The first-order valence-electron chi connectivity index (χ1n) is 6.56. The average Bonchev–Trinajstić information content (AvgIpc) is 2.91. The van der Waals surface area contributed by atoms with Crippen LogP contribution in [-0.2, 0) is 16.4 Å². The van der Waals surface area contributed by atoms with Crippen molar-refractivity contribution in [3.63, 3.8) is 0 Å². The highest BCUT2D eigenvalue weighted by Gasteiger charge is 2.11. The van der Waals surface area contributed by atoms with E-state index in [2.05, 4.69) is 10.3 Å². The normalized spacial score (nSPS) is 11.4. The van der Waals surface area contributed by atoms with Gasteiger partial charge in [-0.15, -0.1) is 0 Å². The van der Waals surface area contributed by atoms with E-state index in [4.69, 9.17) is 0 Å². The number of unbranched alkanes of at least 4 members (excludes halogenated alkanes) is 1. The Balaban J connectivity index is 1.82. The third-order valence-corrected chi connectivity index (χ3v) is 4.16. The number of para-hydroxylation sites is 1. The molecule has 6 heteroatoms. The lowest BCUT2D eigenvalue weighted by Gasteiger charge is -2.10. The Morgan fingerprint density at radius 2 is 2.05 bits per heavy atom. The molecule has 1 heterocycles. The largest absolute Gasteiger partial charge is 0.384 e. The highest BCUT2D eigenvalue weighted by atomic mass is 32.2. The van der Waals surface area contributed by atoms with Gasteiger partial charge in [-0.3, -0.25) is 0 Å². The number of benzene rings is 1. The Hall–Kier alpha value is -1.82. The minimum atomic E-state index is -3.19. The van der Waals surface area contributed by atoms with E-state index < -0.39 is 9.84 Å². The zero-order chi connectivity index (χ0) is 14.4. The van der Waals surface area contributed by atoms with E-state index in [9.17, 15) is 8.42 Å². The fourth-order valence-electron chi connectivity index (χ4n) is 2.00. The summed E-state index contributed by atoms with van der Waals surface area (Å²) in [5, 5.41) is 3.20. The smallest absolute Gasteiger partial charge is 0.177 e. The molecule has 2 aromatic rings. The molecule has 0 amide bonds. The van der Waals surface area contributed by atoms with Crippen molar-refractivity contribution in [1.29, 1.82) is 0 Å². The molecule has 0 aliphatic rings. The number of nitrogens with one attached hydrogen (secondary N) is 1. The molecular weight excluding hydrogens is 274 g/mol. The highest BCUT2D eigenvalue weighted by molar-refractivity contribution is 7.90. The summed E-state index contributed by atoms with van der Waals surface area (Å²) in [4.78, 5) is 4.34. The van der Waals surface area contributed by atoms with Gasteiger partial charge in [0.05, 0.1) is 16.9 Å². The van der Waals surface area contributed by atoms with Crippen LogP contribution in [0.3, 0.4) is 0 Å². The number of sulfone groups is 1. The Labute approximate surface area is 119 Å². The van der Waals surface area contributed by atoms with E-state index in [0.29, 0.717) is 10.6 Å². The van der Waals surface area contributed by atoms with Crippen LogP contribution in [0.5, 0.6) is 0 Å². The summed E-state index contributed by atoms with van der Waals surface area (Å²) in [6.45, 7) is 1.68. The number of aryl methyl sites for hydroxylation is 1. The highest BCUT2D eigenvalue weighted by Crippen LogP contribution is 2.20. The van der Waals surface area contributed by atoms with Gasteiger partial charge >= 0.3 is 0 Å². The van der Waals surface area contributed by atoms with Crippen LogP contribution in [0.4, 0.5) is 5.69 Å². The van der Waals surface area contributed by atoms with Crippen molar-refractivity contribution in [1.82, 2.24) is 9.55 Å². The van der Waals surface area contributed by atoms with Gasteiger partial charge in [-0.25, -0.2) is 13.4 Å². The van der Waals surface area contributed by atoms with Crippen LogP contribution >= 0.6 is 0 Å². The van der Waals surface area contributed by atoms with Crippen LogP contribution in [0.25, 0.3) is 0 Å². The van der Waals surface area contributed by atoms with Crippen LogP contribution in [0.2, 0.25) is 0 Å². The molecule has 108 valence electrons. The molecule has 1 aromatic carbocycles. The zero-order valence-electron chi connectivity index (χ0n) is 11.5. The van der Waals surface area contributed by atoms with Crippen molar-refractivity contribution in [3.8, 4) is 0 Å². The van der Waals surface area contributed by atoms with Gasteiger partial charge in [0.25, 0.3) is 0 Å². The van der Waals surface area contributed by atoms with Gasteiger partial charge in [0.1, 0.15) is 0 Å². The molecule has 0 spiro atoms. The molecule has 1 N–H and O–H groups in total. The molecule has 0 aliphatic carbocycles. The van der Waals surface area contributed by atoms with Crippen LogP contribution in [0.1, 0.15) is 12.8 Å². The fourth-order valence-corrected chi connectivity index (χ4v) is 2.86. The minimum Gasteiger partial charge on any atom is -0.384 e. The van der Waals surface area contributed by atoms with Crippen LogP contribution in [-0.4, -0.2) is 30.8 Å². The van der Waals surface area contributed by atoms with Gasteiger partial charge in [0.2, 0.25) is 0 Å². The van der Waals surface area contributed by atoms with Crippen LogP contribution < -0.4 is 5.32 Å². The Kier molecular flexibility index (Phi) is 4.79. The molecule has 0 saturated carbocycles. The first kappa shape index (κ1) is 14.6. The molecule has 2 rings (SSSR count). The first-order valence-corrected chi connectivity index (χ1v) is 8.45. The lowest BCUT2D eigenvalue weighted by atomic mass is 10.2. The van der Waals surface area contributed by atoms with E-state index in [0.717, 1.165) is 25.9 Å². The van der Waals surface area contributed by atoms with Crippen molar-refractivity contribution in [2.45, 2.75) is 24.3 Å². The second-order valence-electron chi connectivity index (χ2n) is 4.70. The van der Waals surface area contributed by atoms with Crippen molar-refractivity contribution in [2.75, 3.05) is 18.1 Å². The van der Waals surface area contributed by atoms with Crippen LogP contribution in [0, 0.1) is 0 Å². The molecule has 5 nitrogen and oxygen atoms in total. The second kappa shape index (κ2) is 6.56. The van der Waals surface area contributed by atoms with E-state index >= 15 is 0 Å². The van der Waals surface area contributed by atoms with Crippen LogP contribution in [0.15, 0.2) is 47.9 Å². The summed E-state index contributed by atoms with van der Waals surface area (Å²) < 4.78 is 25.3. The van der Waals surface area contributed by atoms with Crippen molar-refractivity contribution < 1.29 is 8.42 Å². The standard InChI is InChI=1S/C14H19N3O2S/c1-20(18,19)14-7-3-2-6-13(14)16-8-4-5-10-17-11-9-15-12-17/h2-3,6-7,9,11-12,16H,4-5,8,10H2,1H3. The number of aromatic nitrogens is 2. The molecule has 20 heavy (non-hydrogen) atoms. The van der Waals surface area contributed by atoms with E-state index in [-0.39, 0.29) is 0 Å². The summed E-state index contributed by atoms with van der Waals surface area (Å²) in [5.74, 6) is 0. The molecule has 0 aliphatic heterocycles. The molecule has 0 radical (unpaired) electrons. The fraction of sp³-hybridized carbons (Fsp3) is 0.357. The molecule has 0 unspecified atom stereocenters.